The fourth-order valence-corrected chi connectivity index (χ4v) is 2.66. The summed E-state index contributed by atoms with van der Waals surface area (Å²) in [6, 6.07) is 5.47. The molecule has 1 heterocycles. The number of nitrogens with zero attached hydrogens (tertiary/aromatic N) is 1. The van der Waals surface area contributed by atoms with E-state index in [0.29, 0.717) is 5.02 Å². The van der Waals surface area contributed by atoms with Crippen LogP contribution in [0.1, 0.15) is 30.1 Å². The molecule has 17 heavy (non-hydrogen) atoms. The van der Waals surface area contributed by atoms with Gasteiger partial charge in [-0.15, -0.1) is 0 Å². The lowest BCUT2D eigenvalue weighted by molar-refractivity contribution is 0.0697. The number of carbonyl (C=O) groups is 1. The molecule has 1 amide bonds. The second-order valence-corrected chi connectivity index (χ2v) is 6.17. The highest BCUT2D eigenvalue weighted by Gasteiger charge is 2.21. The first kappa shape index (κ1) is 13.1. The number of hydrogen-bond acceptors (Lipinski definition) is 1. The lowest BCUT2D eigenvalue weighted by Gasteiger charge is -2.30. The van der Waals surface area contributed by atoms with E-state index in [0.717, 1.165) is 41.0 Å². The molecule has 0 aromatic heterocycles. The molecule has 1 aromatic rings. The molecule has 0 radical (unpaired) electrons. The average molecular weight is 364 g/mol. The van der Waals surface area contributed by atoms with Gasteiger partial charge < -0.3 is 4.90 Å². The Labute approximate surface area is 120 Å². The summed E-state index contributed by atoms with van der Waals surface area (Å²) >= 11 is 8.11. The number of likely N-dealkylation sites (tertiary alicyclic amines) is 1. The number of halogens is 2. The minimum absolute atomic E-state index is 0.131. The normalized spacial score (nSPS) is 17.2. The predicted octanol–water partition coefficient (Wildman–Crippen LogP) is 3.82. The molecule has 2 nitrogen and oxygen atoms in total. The maximum absolute atomic E-state index is 12.2. The summed E-state index contributed by atoms with van der Waals surface area (Å²) in [5, 5.41) is 0.703. The van der Waals surface area contributed by atoms with Gasteiger partial charge in [-0.05, 0) is 59.5 Å². The summed E-state index contributed by atoms with van der Waals surface area (Å²) in [7, 11) is 0. The van der Waals surface area contributed by atoms with E-state index < -0.39 is 0 Å². The van der Waals surface area contributed by atoms with Crippen LogP contribution in [0, 0.1) is 9.49 Å². The van der Waals surface area contributed by atoms with E-state index in [9.17, 15) is 4.79 Å². The molecule has 0 unspecified atom stereocenters. The third-order valence-corrected chi connectivity index (χ3v) is 4.78. The molecular weight excluding hydrogens is 349 g/mol. The summed E-state index contributed by atoms with van der Waals surface area (Å²) in [6.45, 7) is 3.99. The van der Waals surface area contributed by atoms with Crippen molar-refractivity contribution in [2.45, 2.75) is 19.8 Å². The van der Waals surface area contributed by atoms with E-state index in [1.807, 2.05) is 17.0 Å². The molecule has 92 valence electrons. The summed E-state index contributed by atoms with van der Waals surface area (Å²) in [5.74, 6) is 0.871. The molecule has 4 heteroatoms. The van der Waals surface area contributed by atoms with Gasteiger partial charge in [-0.2, -0.15) is 0 Å². The predicted molar refractivity (Wildman–Crippen MR) is 78.5 cm³/mol. The first-order chi connectivity index (χ1) is 8.08. The molecule has 0 bridgehead atoms. The summed E-state index contributed by atoms with van der Waals surface area (Å²) < 4.78 is 0.931. The molecule has 1 saturated heterocycles. The van der Waals surface area contributed by atoms with Gasteiger partial charge in [0.15, 0.2) is 0 Å². The zero-order valence-corrected chi connectivity index (χ0v) is 12.7. The zero-order chi connectivity index (χ0) is 12.4. The summed E-state index contributed by atoms with van der Waals surface area (Å²) in [6.07, 6.45) is 2.22. The first-order valence-corrected chi connectivity index (χ1v) is 7.28. The van der Waals surface area contributed by atoms with Gasteiger partial charge in [-0.25, -0.2) is 0 Å². The molecule has 1 fully saturated rings. The second kappa shape index (κ2) is 5.57. The smallest absolute Gasteiger partial charge is 0.253 e. The van der Waals surface area contributed by atoms with E-state index in [1.54, 1.807) is 6.07 Å². The Morgan fingerprint density at radius 1 is 1.41 bits per heavy atom. The third-order valence-electron chi connectivity index (χ3n) is 3.24. The number of benzene rings is 1. The molecule has 0 atom stereocenters. The van der Waals surface area contributed by atoms with Crippen LogP contribution in [0.3, 0.4) is 0 Å². The standard InChI is InChI=1S/C13H15ClINO/c1-9-4-6-16(7-5-9)13(17)10-2-3-11(14)12(15)8-10/h2-3,8-9H,4-7H2,1H3. The fourth-order valence-electron chi connectivity index (χ4n) is 2.02. The Balaban J connectivity index is 2.11. The molecule has 1 aliphatic heterocycles. The van der Waals surface area contributed by atoms with Crippen molar-refractivity contribution in [3.8, 4) is 0 Å². The highest BCUT2D eigenvalue weighted by atomic mass is 127. The van der Waals surface area contributed by atoms with Gasteiger partial charge >= 0.3 is 0 Å². The second-order valence-electron chi connectivity index (χ2n) is 4.60. The number of carbonyl (C=O) groups excluding carboxylic acids is 1. The van der Waals surface area contributed by atoms with Crippen LogP contribution in [0.25, 0.3) is 0 Å². The van der Waals surface area contributed by atoms with E-state index in [-0.39, 0.29) is 5.91 Å². The molecular formula is C13H15ClINO. The van der Waals surface area contributed by atoms with Gasteiger partial charge in [0.05, 0.1) is 5.02 Å². The minimum Gasteiger partial charge on any atom is -0.339 e. The highest BCUT2D eigenvalue weighted by Crippen LogP contribution is 2.22. The van der Waals surface area contributed by atoms with Gasteiger partial charge in [-0.3, -0.25) is 4.79 Å². The number of hydrogen-bond donors (Lipinski definition) is 0. The third kappa shape index (κ3) is 3.13. The van der Waals surface area contributed by atoms with Crippen LogP contribution in [-0.2, 0) is 0 Å². The SMILES string of the molecule is CC1CCN(C(=O)c2ccc(Cl)c(I)c2)CC1. The Bertz CT molecular complexity index is 427. The average Bonchev–Trinajstić information content (AvgIpc) is 2.33. The lowest BCUT2D eigenvalue weighted by Crippen LogP contribution is -2.37. The lowest BCUT2D eigenvalue weighted by atomic mass is 9.98. The summed E-state index contributed by atoms with van der Waals surface area (Å²) in [5.41, 5.74) is 0.744. The first-order valence-electron chi connectivity index (χ1n) is 5.82. The summed E-state index contributed by atoms with van der Waals surface area (Å²) in [4.78, 5) is 14.2. The molecule has 1 aromatic carbocycles. The van der Waals surface area contributed by atoms with Crippen molar-refractivity contribution in [1.82, 2.24) is 4.90 Å². The van der Waals surface area contributed by atoms with E-state index in [2.05, 4.69) is 29.5 Å². The van der Waals surface area contributed by atoms with Gasteiger partial charge in [-0.1, -0.05) is 18.5 Å². The van der Waals surface area contributed by atoms with Crippen LogP contribution in [0.4, 0.5) is 0 Å². The minimum atomic E-state index is 0.131. The Morgan fingerprint density at radius 3 is 2.65 bits per heavy atom. The highest BCUT2D eigenvalue weighted by molar-refractivity contribution is 14.1. The van der Waals surface area contributed by atoms with Crippen LogP contribution in [0.5, 0.6) is 0 Å². The molecule has 0 saturated carbocycles. The largest absolute Gasteiger partial charge is 0.339 e. The van der Waals surface area contributed by atoms with Crippen LogP contribution >= 0.6 is 34.2 Å². The van der Waals surface area contributed by atoms with Crippen LogP contribution in [0.2, 0.25) is 5.02 Å². The van der Waals surface area contributed by atoms with Crippen LogP contribution in [0.15, 0.2) is 18.2 Å². The van der Waals surface area contributed by atoms with Crippen molar-refractivity contribution in [1.29, 1.82) is 0 Å². The van der Waals surface area contributed by atoms with Crippen molar-refractivity contribution in [3.05, 3.63) is 32.4 Å². The number of amides is 1. The fraction of sp³-hybridized carbons (Fsp3) is 0.462. The Hall–Kier alpha value is -0.290. The van der Waals surface area contributed by atoms with E-state index in [4.69, 9.17) is 11.6 Å². The van der Waals surface area contributed by atoms with E-state index >= 15 is 0 Å². The van der Waals surface area contributed by atoms with Crippen LogP contribution in [-0.4, -0.2) is 23.9 Å². The van der Waals surface area contributed by atoms with Crippen molar-refractivity contribution in [2.75, 3.05) is 13.1 Å². The zero-order valence-electron chi connectivity index (χ0n) is 9.75. The van der Waals surface area contributed by atoms with Crippen molar-refractivity contribution >= 4 is 40.1 Å². The molecule has 2 rings (SSSR count). The maximum atomic E-state index is 12.2. The number of rotatable bonds is 1. The van der Waals surface area contributed by atoms with Gasteiger partial charge in [0, 0.05) is 22.2 Å². The van der Waals surface area contributed by atoms with Gasteiger partial charge in [0.1, 0.15) is 0 Å². The molecule has 0 spiro atoms. The molecule has 1 aliphatic rings. The Kier molecular flexibility index (Phi) is 4.31. The molecule has 0 aliphatic carbocycles. The quantitative estimate of drug-likeness (QED) is 0.695. The van der Waals surface area contributed by atoms with Gasteiger partial charge in [0.25, 0.3) is 5.91 Å². The maximum Gasteiger partial charge on any atom is 0.253 e. The van der Waals surface area contributed by atoms with Crippen molar-refractivity contribution in [2.24, 2.45) is 5.92 Å². The van der Waals surface area contributed by atoms with Crippen molar-refractivity contribution in [3.63, 3.8) is 0 Å². The van der Waals surface area contributed by atoms with E-state index in [1.165, 1.54) is 0 Å². The monoisotopic (exact) mass is 363 g/mol. The Morgan fingerprint density at radius 2 is 2.06 bits per heavy atom. The topological polar surface area (TPSA) is 20.3 Å². The van der Waals surface area contributed by atoms with Crippen LogP contribution < -0.4 is 0 Å². The molecule has 0 N–H and O–H groups in total. The van der Waals surface area contributed by atoms with Gasteiger partial charge in [0.2, 0.25) is 0 Å². The number of piperidine rings is 1. The van der Waals surface area contributed by atoms with Crippen molar-refractivity contribution < 1.29 is 4.79 Å².